The van der Waals surface area contributed by atoms with Crippen LogP contribution in [0, 0.1) is 34.3 Å². The minimum Gasteiger partial charge on any atom is -0.226 e. The maximum Gasteiger partial charge on any atom is 0.142 e. The van der Waals surface area contributed by atoms with Crippen LogP contribution in [0.4, 0.5) is 8.78 Å². The van der Waals surface area contributed by atoms with Gasteiger partial charge in [0.25, 0.3) is 0 Å². The number of hydrogen-bond donors (Lipinski definition) is 0. The summed E-state index contributed by atoms with van der Waals surface area (Å²) in [5.41, 5.74) is 2.42. The van der Waals surface area contributed by atoms with E-state index in [1.54, 1.807) is 18.2 Å². The highest BCUT2D eigenvalue weighted by molar-refractivity contribution is 5.63. The number of benzene rings is 1. The van der Waals surface area contributed by atoms with Crippen LogP contribution in [0.1, 0.15) is 59.8 Å². The van der Waals surface area contributed by atoms with Crippen LogP contribution in [-0.4, -0.2) is 15.2 Å². The Morgan fingerprint density at radius 1 is 0.933 bits per heavy atom. The van der Waals surface area contributed by atoms with Gasteiger partial charge in [0.1, 0.15) is 35.2 Å². The lowest BCUT2D eigenvalue weighted by atomic mass is 9.57. The van der Waals surface area contributed by atoms with Gasteiger partial charge in [-0.05, 0) is 73.1 Å². The van der Waals surface area contributed by atoms with E-state index in [1.807, 2.05) is 12.1 Å². The van der Waals surface area contributed by atoms with Gasteiger partial charge in [0, 0.05) is 5.41 Å². The van der Waals surface area contributed by atoms with Gasteiger partial charge in [0.2, 0.25) is 0 Å². The highest BCUT2D eigenvalue weighted by Crippen LogP contribution is 2.55. The van der Waals surface area contributed by atoms with E-state index in [9.17, 15) is 19.3 Å². The molecule has 0 unspecified atom stereocenters. The van der Waals surface area contributed by atoms with Crippen LogP contribution in [-0.2, 0) is 5.41 Å². The summed E-state index contributed by atoms with van der Waals surface area (Å²) in [5.74, 6) is -1.10. The monoisotopic (exact) mass is 399 g/mol. The summed E-state index contributed by atoms with van der Waals surface area (Å²) in [4.78, 5) is 4.03. The average Bonchev–Trinajstić information content (AvgIpc) is 2.79. The van der Waals surface area contributed by atoms with Crippen molar-refractivity contribution in [3.63, 3.8) is 0 Å². The number of nitriles is 2. The molecule has 1 fully saturated rings. The number of aromatic nitrogens is 3. The molecule has 6 rings (SSSR count). The molecule has 0 N–H and O–H groups in total. The van der Waals surface area contributed by atoms with Crippen LogP contribution in [0.3, 0.4) is 0 Å². The van der Waals surface area contributed by atoms with Gasteiger partial charge in [-0.1, -0.05) is 6.07 Å². The third-order valence-corrected chi connectivity index (χ3v) is 6.38. The van der Waals surface area contributed by atoms with Gasteiger partial charge < -0.3 is 0 Å². The van der Waals surface area contributed by atoms with E-state index >= 15 is 0 Å². The standard InChI is InChI=1S/C23H15F2N5/c24-18-2-1-3-19(25)21(18)20-10-17-13-4-6-23(7-5-13,22(17)30-29-20)14-8-15(11-26)28-16(9-14)12-27/h1-3,8-10,13H,4-7H2. The highest BCUT2D eigenvalue weighted by Gasteiger charge is 2.48. The molecule has 7 heteroatoms. The molecule has 2 heterocycles. The van der Waals surface area contributed by atoms with Crippen molar-refractivity contribution in [1.82, 2.24) is 15.2 Å². The maximum absolute atomic E-state index is 14.3. The van der Waals surface area contributed by atoms with Crippen molar-refractivity contribution in [2.24, 2.45) is 0 Å². The number of rotatable bonds is 2. The third kappa shape index (κ3) is 2.59. The van der Waals surface area contributed by atoms with E-state index in [-0.39, 0.29) is 28.6 Å². The second-order valence-corrected chi connectivity index (χ2v) is 7.84. The van der Waals surface area contributed by atoms with Crippen molar-refractivity contribution in [3.8, 4) is 23.4 Å². The van der Waals surface area contributed by atoms with Gasteiger partial charge in [-0.2, -0.15) is 15.6 Å². The lowest BCUT2D eigenvalue weighted by molar-refractivity contribution is 0.269. The maximum atomic E-state index is 14.3. The van der Waals surface area contributed by atoms with Crippen LogP contribution < -0.4 is 0 Å². The Morgan fingerprint density at radius 3 is 2.17 bits per heavy atom. The molecular formula is C23H15F2N5. The van der Waals surface area contributed by atoms with Gasteiger partial charge >= 0.3 is 0 Å². The SMILES string of the molecule is N#Cc1cc(C23CCC(CC2)c2cc(-c4c(F)cccc4F)nnc23)cc(C#N)n1. The third-order valence-electron chi connectivity index (χ3n) is 6.38. The van der Waals surface area contributed by atoms with Crippen LogP contribution in [0.15, 0.2) is 36.4 Å². The minimum atomic E-state index is -0.675. The summed E-state index contributed by atoms with van der Waals surface area (Å²) in [6, 6.07) is 12.9. The van der Waals surface area contributed by atoms with Gasteiger partial charge in [0.05, 0.1) is 17.0 Å². The molecule has 2 bridgehead atoms. The molecule has 0 spiro atoms. The van der Waals surface area contributed by atoms with Gasteiger partial charge in [-0.15, -0.1) is 5.10 Å². The molecule has 3 aliphatic carbocycles. The van der Waals surface area contributed by atoms with E-state index in [2.05, 4.69) is 15.2 Å². The summed E-state index contributed by atoms with van der Waals surface area (Å²) >= 11 is 0. The zero-order chi connectivity index (χ0) is 20.9. The molecule has 1 saturated carbocycles. The summed E-state index contributed by atoms with van der Waals surface area (Å²) in [6.45, 7) is 0. The minimum absolute atomic E-state index is 0.175. The highest BCUT2D eigenvalue weighted by atomic mass is 19.1. The number of hydrogen-bond acceptors (Lipinski definition) is 5. The first-order valence-electron chi connectivity index (χ1n) is 9.71. The van der Waals surface area contributed by atoms with Crippen LogP contribution in [0.2, 0.25) is 0 Å². The largest absolute Gasteiger partial charge is 0.226 e. The Bertz CT molecular complexity index is 1210. The van der Waals surface area contributed by atoms with Crippen molar-refractivity contribution in [2.45, 2.75) is 37.0 Å². The molecular weight excluding hydrogens is 384 g/mol. The fraction of sp³-hybridized carbons (Fsp3) is 0.261. The molecule has 2 aromatic heterocycles. The summed E-state index contributed by atoms with van der Waals surface area (Å²) in [5, 5.41) is 27.3. The fourth-order valence-electron chi connectivity index (χ4n) is 4.96. The Kier molecular flexibility index (Phi) is 4.08. The molecule has 5 nitrogen and oxygen atoms in total. The van der Waals surface area contributed by atoms with Crippen molar-refractivity contribution in [2.75, 3.05) is 0 Å². The molecule has 1 aromatic carbocycles. The van der Waals surface area contributed by atoms with Crippen LogP contribution in [0.25, 0.3) is 11.3 Å². The number of pyridine rings is 1. The van der Waals surface area contributed by atoms with E-state index in [1.165, 1.54) is 18.2 Å². The Morgan fingerprint density at radius 2 is 1.57 bits per heavy atom. The lowest BCUT2D eigenvalue weighted by Crippen LogP contribution is -2.40. The van der Waals surface area contributed by atoms with E-state index in [4.69, 9.17) is 0 Å². The Balaban J connectivity index is 1.70. The molecule has 0 atom stereocenters. The lowest BCUT2D eigenvalue weighted by Gasteiger charge is -2.47. The quantitative estimate of drug-likeness (QED) is 0.632. The molecule has 0 amide bonds. The van der Waals surface area contributed by atoms with Crippen LogP contribution >= 0.6 is 0 Å². The predicted octanol–water partition coefficient (Wildman–Crippen LogP) is 4.52. The van der Waals surface area contributed by atoms with Gasteiger partial charge in [-0.25, -0.2) is 13.8 Å². The predicted molar refractivity (Wildman–Crippen MR) is 103 cm³/mol. The van der Waals surface area contributed by atoms with E-state index < -0.39 is 17.0 Å². The Hall–Kier alpha value is -3.71. The normalized spacial score (nSPS) is 21.5. The summed E-state index contributed by atoms with van der Waals surface area (Å²) < 4.78 is 28.6. The average molecular weight is 399 g/mol. The first-order valence-corrected chi connectivity index (χ1v) is 9.71. The Labute approximate surface area is 171 Å². The van der Waals surface area contributed by atoms with Crippen molar-refractivity contribution < 1.29 is 8.78 Å². The smallest absolute Gasteiger partial charge is 0.142 e. The summed E-state index contributed by atoms with van der Waals surface area (Å²) in [7, 11) is 0. The number of halogens is 2. The number of fused-ring (bicyclic) bond motifs is 2. The van der Waals surface area contributed by atoms with E-state index in [0.29, 0.717) is 0 Å². The van der Waals surface area contributed by atoms with Crippen molar-refractivity contribution in [1.29, 1.82) is 10.5 Å². The van der Waals surface area contributed by atoms with Crippen molar-refractivity contribution in [3.05, 3.63) is 76.2 Å². The molecule has 0 radical (unpaired) electrons. The first-order chi connectivity index (χ1) is 14.6. The molecule has 0 saturated heterocycles. The van der Waals surface area contributed by atoms with Gasteiger partial charge in [-0.3, -0.25) is 0 Å². The second-order valence-electron chi connectivity index (χ2n) is 7.84. The molecule has 30 heavy (non-hydrogen) atoms. The molecule has 3 aliphatic rings. The van der Waals surface area contributed by atoms with E-state index in [0.717, 1.165) is 42.5 Å². The second kappa shape index (κ2) is 6.67. The topological polar surface area (TPSA) is 86.2 Å². The summed E-state index contributed by atoms with van der Waals surface area (Å²) in [6.07, 6.45) is 3.41. The van der Waals surface area contributed by atoms with Gasteiger partial charge in [0.15, 0.2) is 0 Å². The first kappa shape index (κ1) is 18.3. The molecule has 3 aromatic rings. The zero-order valence-corrected chi connectivity index (χ0v) is 15.9. The molecule has 146 valence electrons. The fourth-order valence-corrected chi connectivity index (χ4v) is 4.96. The molecule has 0 aliphatic heterocycles. The van der Waals surface area contributed by atoms with Crippen LogP contribution in [0.5, 0.6) is 0 Å². The number of nitrogens with zero attached hydrogens (tertiary/aromatic N) is 5. The van der Waals surface area contributed by atoms with Crippen molar-refractivity contribution >= 4 is 0 Å². The zero-order valence-electron chi connectivity index (χ0n) is 15.9.